The van der Waals surface area contributed by atoms with E-state index in [2.05, 4.69) is 5.32 Å². The molecule has 2 N–H and O–H groups in total. The van der Waals surface area contributed by atoms with E-state index < -0.39 is 24.2 Å². The Morgan fingerprint density at radius 2 is 1.86 bits per heavy atom. The molecule has 0 bridgehead atoms. The topological polar surface area (TPSA) is 95.9 Å². The number of ether oxygens (including phenoxy) is 1. The summed E-state index contributed by atoms with van der Waals surface area (Å²) >= 11 is 0. The molecular formula is C21H22N2O5. The number of amides is 2. The second-order valence-electron chi connectivity index (χ2n) is 6.97. The van der Waals surface area contributed by atoms with Gasteiger partial charge in [-0.3, -0.25) is 9.69 Å². The highest BCUT2D eigenvalue weighted by Gasteiger charge is 2.47. The molecule has 7 nitrogen and oxygen atoms in total. The number of cyclic esters (lactones) is 1. The Bertz CT molecular complexity index is 881. The van der Waals surface area contributed by atoms with Crippen LogP contribution in [-0.2, 0) is 20.9 Å². The molecule has 0 spiro atoms. The number of carboxylic acid groups (broad SMARTS) is 1. The van der Waals surface area contributed by atoms with Crippen molar-refractivity contribution in [2.75, 3.05) is 5.32 Å². The van der Waals surface area contributed by atoms with Crippen LogP contribution < -0.4 is 5.32 Å². The van der Waals surface area contributed by atoms with Gasteiger partial charge in [0.15, 0.2) is 12.1 Å². The van der Waals surface area contributed by atoms with Crippen LogP contribution in [0.2, 0.25) is 0 Å². The minimum Gasteiger partial charge on any atom is -0.480 e. The number of aliphatic carboxylic acids is 1. The maximum absolute atomic E-state index is 12.4. The zero-order chi connectivity index (χ0) is 20.3. The van der Waals surface area contributed by atoms with Crippen LogP contribution in [-0.4, -0.2) is 34.0 Å². The molecule has 28 heavy (non-hydrogen) atoms. The average Bonchev–Trinajstić information content (AvgIpc) is 2.99. The molecule has 3 rings (SSSR count). The predicted octanol–water partition coefficient (Wildman–Crippen LogP) is 3.43. The minimum absolute atomic E-state index is 0.136. The third-order valence-corrected chi connectivity index (χ3v) is 4.54. The molecule has 2 aromatic carbocycles. The first-order valence-corrected chi connectivity index (χ1v) is 9.01. The maximum atomic E-state index is 12.4. The fraction of sp³-hybridized carbons (Fsp3) is 0.286. The summed E-state index contributed by atoms with van der Waals surface area (Å²) in [5, 5.41) is 12.5. The van der Waals surface area contributed by atoms with Crippen LogP contribution in [0.4, 0.5) is 10.5 Å². The average molecular weight is 382 g/mol. The van der Waals surface area contributed by atoms with Gasteiger partial charge in [-0.05, 0) is 23.3 Å². The van der Waals surface area contributed by atoms with Crippen molar-refractivity contribution >= 4 is 23.7 Å². The van der Waals surface area contributed by atoms with Gasteiger partial charge in [0, 0.05) is 11.6 Å². The monoisotopic (exact) mass is 382 g/mol. The molecular weight excluding hydrogens is 360 g/mol. The summed E-state index contributed by atoms with van der Waals surface area (Å²) in [7, 11) is 0. The Labute approximate surface area is 162 Å². The van der Waals surface area contributed by atoms with Gasteiger partial charge in [-0.25, -0.2) is 9.59 Å². The van der Waals surface area contributed by atoms with E-state index in [1.165, 1.54) is 4.90 Å². The Kier molecular flexibility index (Phi) is 5.63. The van der Waals surface area contributed by atoms with Crippen LogP contribution in [0.5, 0.6) is 0 Å². The lowest BCUT2D eigenvalue weighted by Crippen LogP contribution is -2.39. The van der Waals surface area contributed by atoms with Crippen LogP contribution in [0.3, 0.4) is 0 Å². The lowest BCUT2D eigenvalue weighted by molar-refractivity contribution is -0.143. The van der Waals surface area contributed by atoms with Gasteiger partial charge >= 0.3 is 12.1 Å². The van der Waals surface area contributed by atoms with E-state index in [1.54, 1.807) is 38.1 Å². The molecule has 1 aliphatic rings. The van der Waals surface area contributed by atoms with Crippen LogP contribution in [0, 0.1) is 5.92 Å². The fourth-order valence-electron chi connectivity index (χ4n) is 3.05. The zero-order valence-corrected chi connectivity index (χ0v) is 15.7. The van der Waals surface area contributed by atoms with Gasteiger partial charge in [-0.15, -0.1) is 0 Å². The van der Waals surface area contributed by atoms with Gasteiger partial charge in [0.1, 0.15) is 0 Å². The highest BCUT2D eigenvalue weighted by Crippen LogP contribution is 2.35. The van der Waals surface area contributed by atoms with E-state index in [4.69, 9.17) is 4.74 Å². The highest BCUT2D eigenvalue weighted by molar-refractivity contribution is 5.92. The molecule has 0 aromatic heterocycles. The van der Waals surface area contributed by atoms with Gasteiger partial charge < -0.3 is 15.2 Å². The summed E-state index contributed by atoms with van der Waals surface area (Å²) in [5.41, 5.74) is 1.85. The van der Waals surface area contributed by atoms with E-state index >= 15 is 0 Å². The van der Waals surface area contributed by atoms with Crippen LogP contribution in [0.25, 0.3) is 0 Å². The van der Waals surface area contributed by atoms with Crippen molar-refractivity contribution in [3.05, 3.63) is 65.7 Å². The molecule has 2 amide bonds. The first-order chi connectivity index (χ1) is 13.4. The Morgan fingerprint density at radius 1 is 1.14 bits per heavy atom. The molecule has 1 heterocycles. The predicted molar refractivity (Wildman–Crippen MR) is 103 cm³/mol. The second kappa shape index (κ2) is 8.12. The second-order valence-corrected chi connectivity index (χ2v) is 6.97. The molecule has 1 saturated heterocycles. The number of carbonyl (C=O) groups is 3. The van der Waals surface area contributed by atoms with Gasteiger partial charge in [0.25, 0.3) is 0 Å². The number of anilines is 1. The molecule has 0 radical (unpaired) electrons. The van der Waals surface area contributed by atoms with E-state index in [9.17, 15) is 19.5 Å². The van der Waals surface area contributed by atoms with Gasteiger partial charge in [0.2, 0.25) is 5.91 Å². The van der Waals surface area contributed by atoms with E-state index in [0.29, 0.717) is 11.3 Å². The van der Waals surface area contributed by atoms with Crippen molar-refractivity contribution in [3.8, 4) is 0 Å². The van der Waals surface area contributed by atoms with Crippen molar-refractivity contribution < 1.29 is 24.2 Å². The van der Waals surface area contributed by atoms with Gasteiger partial charge in [-0.2, -0.15) is 0 Å². The number of nitrogens with zero attached hydrogens (tertiary/aromatic N) is 1. The number of carboxylic acids is 1. The maximum Gasteiger partial charge on any atom is 0.411 e. The van der Waals surface area contributed by atoms with Crippen molar-refractivity contribution in [2.24, 2.45) is 5.92 Å². The first kappa shape index (κ1) is 19.4. The van der Waals surface area contributed by atoms with Crippen LogP contribution >= 0.6 is 0 Å². The zero-order valence-electron chi connectivity index (χ0n) is 15.7. The third kappa shape index (κ3) is 4.14. The van der Waals surface area contributed by atoms with Gasteiger partial charge in [-0.1, -0.05) is 56.3 Å². The van der Waals surface area contributed by atoms with Crippen molar-refractivity contribution in [3.63, 3.8) is 0 Å². The van der Waals surface area contributed by atoms with Crippen LogP contribution in [0.1, 0.15) is 31.1 Å². The Balaban J connectivity index is 1.86. The third-order valence-electron chi connectivity index (χ3n) is 4.54. The summed E-state index contributed by atoms with van der Waals surface area (Å²) in [6.07, 6.45) is -1.65. The van der Waals surface area contributed by atoms with Crippen molar-refractivity contribution in [2.45, 2.75) is 32.5 Å². The summed E-state index contributed by atoms with van der Waals surface area (Å²) < 4.78 is 5.41. The standard InChI is InChI=1S/C21H22N2O5/c1-13(2)19(24)22-16-10-6-9-15(11-16)18-17(20(25)26)23(21(27)28-18)12-14-7-4-3-5-8-14/h3-11,13,17-18H,12H2,1-2H3,(H,22,24)(H,25,26). The van der Waals surface area contributed by atoms with Crippen molar-refractivity contribution in [1.29, 1.82) is 0 Å². The highest BCUT2D eigenvalue weighted by atomic mass is 16.6. The summed E-state index contributed by atoms with van der Waals surface area (Å²) in [4.78, 5) is 37.5. The molecule has 2 unspecified atom stereocenters. The molecule has 2 aromatic rings. The first-order valence-electron chi connectivity index (χ1n) is 9.01. The minimum atomic E-state index is -1.16. The molecule has 0 aliphatic carbocycles. The lowest BCUT2D eigenvalue weighted by Gasteiger charge is -2.21. The number of carbonyl (C=O) groups excluding carboxylic acids is 2. The Hall–Kier alpha value is -3.35. The smallest absolute Gasteiger partial charge is 0.411 e. The van der Waals surface area contributed by atoms with E-state index in [0.717, 1.165) is 5.56 Å². The van der Waals surface area contributed by atoms with Crippen molar-refractivity contribution in [1.82, 2.24) is 4.90 Å². The SMILES string of the molecule is CC(C)C(=O)Nc1cccc(C2OC(=O)N(Cc3ccccc3)C2C(=O)O)c1. The molecule has 1 fully saturated rings. The Morgan fingerprint density at radius 3 is 2.50 bits per heavy atom. The number of rotatable bonds is 6. The molecule has 2 atom stereocenters. The lowest BCUT2D eigenvalue weighted by atomic mass is 10.0. The largest absolute Gasteiger partial charge is 0.480 e. The summed E-state index contributed by atoms with van der Waals surface area (Å²) in [6, 6.07) is 14.7. The normalized spacial score (nSPS) is 18.8. The van der Waals surface area contributed by atoms with Crippen LogP contribution in [0.15, 0.2) is 54.6 Å². The van der Waals surface area contributed by atoms with Gasteiger partial charge in [0.05, 0.1) is 6.54 Å². The molecule has 146 valence electrons. The van der Waals surface area contributed by atoms with E-state index in [-0.39, 0.29) is 18.4 Å². The number of nitrogens with one attached hydrogen (secondary N) is 1. The number of benzene rings is 2. The number of hydrogen-bond donors (Lipinski definition) is 2. The molecule has 1 aliphatic heterocycles. The summed E-state index contributed by atoms with van der Waals surface area (Å²) in [6.45, 7) is 3.69. The molecule has 0 saturated carbocycles. The molecule has 7 heteroatoms. The fourth-order valence-corrected chi connectivity index (χ4v) is 3.05. The number of hydrogen-bond acceptors (Lipinski definition) is 4. The summed E-state index contributed by atoms with van der Waals surface area (Å²) in [5.74, 6) is -1.49. The quantitative estimate of drug-likeness (QED) is 0.798. The van der Waals surface area contributed by atoms with E-state index in [1.807, 2.05) is 30.3 Å².